The van der Waals surface area contributed by atoms with Gasteiger partial charge in [0.15, 0.2) is 12.3 Å². The zero-order valence-electron chi connectivity index (χ0n) is 17.5. The van der Waals surface area contributed by atoms with Crippen LogP contribution in [-0.4, -0.2) is 38.4 Å². The van der Waals surface area contributed by atoms with E-state index < -0.39 is 0 Å². The predicted octanol–water partition coefficient (Wildman–Crippen LogP) is 2.28. The number of ether oxygens (including phenoxy) is 1. The molecule has 0 radical (unpaired) electrons. The van der Waals surface area contributed by atoms with E-state index in [-0.39, 0.29) is 30.4 Å². The first kappa shape index (κ1) is 21.2. The van der Waals surface area contributed by atoms with E-state index in [1.165, 1.54) is 29.2 Å². The molecular formula is C23H22FN5O3. The summed E-state index contributed by atoms with van der Waals surface area (Å²) < 4.78 is 21.8. The molecule has 0 aliphatic carbocycles. The molecule has 0 spiro atoms. The maximum Gasteiger partial charge on any atom is 0.264 e. The van der Waals surface area contributed by atoms with Crippen LogP contribution in [0.3, 0.4) is 0 Å². The molecule has 0 aliphatic heterocycles. The first-order valence-electron chi connectivity index (χ1n) is 10.1. The highest BCUT2D eigenvalue weighted by atomic mass is 19.1. The molecule has 2 aromatic heterocycles. The second-order valence-corrected chi connectivity index (χ2v) is 7.36. The number of fused-ring (bicyclic) bond motifs is 1. The van der Waals surface area contributed by atoms with Gasteiger partial charge in [0.2, 0.25) is 0 Å². The normalized spacial score (nSPS) is 10.9. The molecule has 1 amide bonds. The third kappa shape index (κ3) is 5.00. The number of hydrogen-bond donors (Lipinski definition) is 1. The van der Waals surface area contributed by atoms with Crippen LogP contribution >= 0.6 is 0 Å². The van der Waals surface area contributed by atoms with Gasteiger partial charge >= 0.3 is 0 Å². The summed E-state index contributed by atoms with van der Waals surface area (Å²) in [7, 11) is 0. The summed E-state index contributed by atoms with van der Waals surface area (Å²) in [6.45, 7) is 2.75. The van der Waals surface area contributed by atoms with Gasteiger partial charge in [0, 0.05) is 6.54 Å². The van der Waals surface area contributed by atoms with Gasteiger partial charge in [-0.05, 0) is 36.8 Å². The Morgan fingerprint density at radius 1 is 1.19 bits per heavy atom. The van der Waals surface area contributed by atoms with Crippen molar-refractivity contribution in [3.63, 3.8) is 0 Å². The van der Waals surface area contributed by atoms with Crippen molar-refractivity contribution < 1.29 is 13.9 Å². The van der Waals surface area contributed by atoms with Crippen molar-refractivity contribution in [1.82, 2.24) is 24.6 Å². The van der Waals surface area contributed by atoms with Gasteiger partial charge in [0.1, 0.15) is 23.3 Å². The topological polar surface area (TPSA) is 91.0 Å². The lowest BCUT2D eigenvalue weighted by Gasteiger charge is -2.09. The van der Waals surface area contributed by atoms with Gasteiger partial charge in [-0.1, -0.05) is 29.8 Å². The number of aryl methyl sites for hydroxylation is 1. The van der Waals surface area contributed by atoms with Crippen LogP contribution in [0.1, 0.15) is 11.1 Å². The molecule has 0 saturated carbocycles. The summed E-state index contributed by atoms with van der Waals surface area (Å²) in [6.07, 6.45) is 2.87. The van der Waals surface area contributed by atoms with E-state index in [4.69, 9.17) is 4.74 Å². The number of halogens is 1. The van der Waals surface area contributed by atoms with Crippen molar-refractivity contribution in [2.24, 2.45) is 0 Å². The summed E-state index contributed by atoms with van der Waals surface area (Å²) in [5.74, 6) is 0.0127. The first-order valence-corrected chi connectivity index (χ1v) is 10.1. The predicted molar refractivity (Wildman–Crippen MR) is 117 cm³/mol. The number of hydrogen-bond acceptors (Lipinski definition) is 5. The summed E-state index contributed by atoms with van der Waals surface area (Å²) in [6, 6.07) is 13.5. The minimum atomic E-state index is -0.358. The lowest BCUT2D eigenvalue weighted by Crippen LogP contribution is -2.31. The third-order valence-corrected chi connectivity index (χ3v) is 4.90. The van der Waals surface area contributed by atoms with Gasteiger partial charge in [-0.3, -0.25) is 14.2 Å². The molecule has 0 bridgehead atoms. The maximum atomic E-state index is 13.4. The standard InChI is InChI=1S/C23H22FN5O3/c1-16-5-7-19(8-6-16)32-14-21(30)25-9-10-29-22-20(12-27-29)23(31)28(15-26-22)13-17-3-2-4-18(24)11-17/h2-8,11-12,15H,9-10,13-14H2,1H3,(H,25,30). The molecule has 0 fully saturated rings. The monoisotopic (exact) mass is 435 g/mol. The lowest BCUT2D eigenvalue weighted by molar-refractivity contribution is -0.123. The Morgan fingerprint density at radius 2 is 2.00 bits per heavy atom. The number of nitrogens with one attached hydrogen (secondary N) is 1. The van der Waals surface area contributed by atoms with Crippen LogP contribution in [0.5, 0.6) is 5.75 Å². The number of benzene rings is 2. The van der Waals surface area contributed by atoms with Gasteiger partial charge < -0.3 is 10.1 Å². The minimum absolute atomic E-state index is 0.0913. The summed E-state index contributed by atoms with van der Waals surface area (Å²) >= 11 is 0. The third-order valence-electron chi connectivity index (χ3n) is 4.90. The molecule has 2 heterocycles. The van der Waals surface area contributed by atoms with Gasteiger partial charge in [-0.25, -0.2) is 14.1 Å². The van der Waals surface area contributed by atoms with Gasteiger partial charge in [0.25, 0.3) is 11.5 Å². The fourth-order valence-corrected chi connectivity index (χ4v) is 3.24. The molecule has 0 aliphatic rings. The Labute approximate surface area is 183 Å². The van der Waals surface area contributed by atoms with Crippen LogP contribution in [0, 0.1) is 12.7 Å². The largest absolute Gasteiger partial charge is 0.484 e. The van der Waals surface area contributed by atoms with Crippen molar-refractivity contribution in [2.75, 3.05) is 13.2 Å². The highest BCUT2D eigenvalue weighted by Crippen LogP contribution is 2.11. The van der Waals surface area contributed by atoms with Gasteiger partial charge in [-0.15, -0.1) is 0 Å². The Kier molecular flexibility index (Phi) is 6.25. The first-order chi connectivity index (χ1) is 15.5. The summed E-state index contributed by atoms with van der Waals surface area (Å²) in [5, 5.41) is 7.33. The summed E-state index contributed by atoms with van der Waals surface area (Å²) in [5.41, 5.74) is 1.94. The minimum Gasteiger partial charge on any atom is -0.484 e. The highest BCUT2D eigenvalue weighted by molar-refractivity contribution is 5.77. The van der Waals surface area contributed by atoms with Crippen LogP contribution in [0.15, 0.2) is 65.8 Å². The van der Waals surface area contributed by atoms with Gasteiger partial charge in [-0.2, -0.15) is 5.10 Å². The van der Waals surface area contributed by atoms with E-state index in [0.29, 0.717) is 35.4 Å². The lowest BCUT2D eigenvalue weighted by atomic mass is 10.2. The number of nitrogens with zero attached hydrogens (tertiary/aromatic N) is 4. The van der Waals surface area contributed by atoms with E-state index in [2.05, 4.69) is 15.4 Å². The molecule has 4 rings (SSSR count). The zero-order valence-corrected chi connectivity index (χ0v) is 17.5. The van der Waals surface area contributed by atoms with Crippen molar-refractivity contribution in [3.05, 3.63) is 88.4 Å². The Hall–Kier alpha value is -4.01. The molecule has 0 unspecified atom stereocenters. The van der Waals surface area contributed by atoms with Crippen LogP contribution in [0.2, 0.25) is 0 Å². The molecule has 164 valence electrons. The fraction of sp³-hybridized carbons (Fsp3) is 0.217. The Balaban J connectivity index is 1.34. The quantitative estimate of drug-likeness (QED) is 0.459. The molecule has 8 nitrogen and oxygen atoms in total. The average molecular weight is 435 g/mol. The van der Waals surface area contributed by atoms with Crippen molar-refractivity contribution >= 4 is 16.9 Å². The van der Waals surface area contributed by atoms with E-state index >= 15 is 0 Å². The molecule has 0 saturated heterocycles. The molecule has 2 aromatic carbocycles. The smallest absolute Gasteiger partial charge is 0.264 e. The van der Waals surface area contributed by atoms with E-state index in [1.54, 1.807) is 16.8 Å². The Morgan fingerprint density at radius 3 is 2.78 bits per heavy atom. The molecule has 0 atom stereocenters. The number of carbonyl (C=O) groups excluding carboxylic acids is 1. The van der Waals surface area contributed by atoms with E-state index in [0.717, 1.165) is 5.56 Å². The molecule has 4 aromatic rings. The van der Waals surface area contributed by atoms with Crippen molar-refractivity contribution in [2.45, 2.75) is 20.0 Å². The summed E-state index contributed by atoms with van der Waals surface area (Å²) in [4.78, 5) is 29.1. The molecule has 1 N–H and O–H groups in total. The van der Waals surface area contributed by atoms with Crippen LogP contribution in [0.25, 0.3) is 11.0 Å². The second-order valence-electron chi connectivity index (χ2n) is 7.36. The molecule has 9 heteroatoms. The van der Waals surface area contributed by atoms with Crippen LogP contribution in [-0.2, 0) is 17.9 Å². The second kappa shape index (κ2) is 9.42. The van der Waals surface area contributed by atoms with Crippen LogP contribution < -0.4 is 15.6 Å². The number of amides is 1. The number of rotatable bonds is 8. The highest BCUT2D eigenvalue weighted by Gasteiger charge is 2.11. The van der Waals surface area contributed by atoms with E-state index in [9.17, 15) is 14.0 Å². The van der Waals surface area contributed by atoms with Crippen molar-refractivity contribution in [1.29, 1.82) is 0 Å². The average Bonchev–Trinajstić information content (AvgIpc) is 3.19. The van der Waals surface area contributed by atoms with E-state index in [1.807, 2.05) is 31.2 Å². The number of carbonyl (C=O) groups is 1. The SMILES string of the molecule is Cc1ccc(OCC(=O)NCCn2ncc3c(=O)n(Cc4cccc(F)c4)cnc32)cc1. The zero-order chi connectivity index (χ0) is 22.5. The van der Waals surface area contributed by atoms with Crippen molar-refractivity contribution in [3.8, 4) is 5.75 Å². The number of aromatic nitrogens is 4. The Bertz CT molecular complexity index is 1300. The fourth-order valence-electron chi connectivity index (χ4n) is 3.24. The molecule has 32 heavy (non-hydrogen) atoms. The van der Waals surface area contributed by atoms with Gasteiger partial charge in [0.05, 0.1) is 19.3 Å². The maximum absolute atomic E-state index is 13.4. The van der Waals surface area contributed by atoms with Crippen LogP contribution in [0.4, 0.5) is 4.39 Å². The molecular weight excluding hydrogens is 413 g/mol.